The number of amides is 2. The molecule has 1 saturated heterocycles. The quantitative estimate of drug-likeness (QED) is 0.678. The monoisotopic (exact) mass is 254 g/mol. The summed E-state index contributed by atoms with van der Waals surface area (Å²) in [5, 5.41) is 8.88. The molecule has 100 valence electrons. The van der Waals surface area contributed by atoms with Crippen LogP contribution in [0.15, 0.2) is 0 Å². The van der Waals surface area contributed by atoms with E-state index in [2.05, 4.69) is 0 Å². The lowest BCUT2D eigenvalue weighted by molar-refractivity contribution is -0.147. The van der Waals surface area contributed by atoms with Gasteiger partial charge in [-0.2, -0.15) is 0 Å². The standard InChI is InChI=1S/C12H18N2O4/c1-11(2)6-7(11)9(16)14(8(6)15)5-4-12(3,13)10(17)18/h6-7H,4-5,13H2,1-3H3,(H,17,18). The largest absolute Gasteiger partial charge is 0.480 e. The summed E-state index contributed by atoms with van der Waals surface area (Å²) in [6.07, 6.45) is 0.0691. The molecule has 3 N–H and O–H groups in total. The van der Waals surface area contributed by atoms with Crippen LogP contribution in [0, 0.1) is 17.3 Å². The highest BCUT2D eigenvalue weighted by atomic mass is 16.4. The molecule has 0 aromatic heterocycles. The topological polar surface area (TPSA) is 101 Å². The Morgan fingerprint density at radius 2 is 1.83 bits per heavy atom. The number of carbonyl (C=O) groups is 3. The van der Waals surface area contributed by atoms with Crippen molar-refractivity contribution in [2.45, 2.75) is 32.7 Å². The van der Waals surface area contributed by atoms with Crippen molar-refractivity contribution in [3.05, 3.63) is 0 Å². The molecule has 1 heterocycles. The molecular weight excluding hydrogens is 236 g/mol. The number of hydrogen-bond donors (Lipinski definition) is 2. The minimum Gasteiger partial charge on any atom is -0.480 e. The molecule has 2 fully saturated rings. The Morgan fingerprint density at radius 3 is 2.22 bits per heavy atom. The molecule has 1 saturated carbocycles. The van der Waals surface area contributed by atoms with Crippen LogP contribution in [0.25, 0.3) is 0 Å². The fourth-order valence-electron chi connectivity index (χ4n) is 2.68. The molecule has 1 aliphatic carbocycles. The third kappa shape index (κ3) is 1.63. The van der Waals surface area contributed by atoms with Crippen LogP contribution in [0.4, 0.5) is 0 Å². The van der Waals surface area contributed by atoms with Crippen molar-refractivity contribution < 1.29 is 19.5 Å². The van der Waals surface area contributed by atoms with E-state index in [1.54, 1.807) is 0 Å². The van der Waals surface area contributed by atoms with Gasteiger partial charge in [0.2, 0.25) is 11.8 Å². The molecule has 2 rings (SSSR count). The zero-order valence-corrected chi connectivity index (χ0v) is 10.8. The molecule has 0 bridgehead atoms. The summed E-state index contributed by atoms with van der Waals surface area (Å²) in [5.74, 6) is -1.95. The van der Waals surface area contributed by atoms with Crippen LogP contribution < -0.4 is 5.73 Å². The van der Waals surface area contributed by atoms with Crippen LogP contribution in [-0.4, -0.2) is 39.9 Å². The van der Waals surface area contributed by atoms with Gasteiger partial charge < -0.3 is 10.8 Å². The van der Waals surface area contributed by atoms with E-state index in [-0.39, 0.29) is 42.0 Å². The van der Waals surface area contributed by atoms with Crippen LogP contribution in [0.2, 0.25) is 0 Å². The number of imide groups is 1. The molecule has 6 heteroatoms. The number of piperidine rings is 1. The van der Waals surface area contributed by atoms with Gasteiger partial charge in [-0.3, -0.25) is 19.3 Å². The van der Waals surface area contributed by atoms with Gasteiger partial charge in [-0.15, -0.1) is 0 Å². The van der Waals surface area contributed by atoms with Crippen molar-refractivity contribution in [2.75, 3.05) is 6.54 Å². The average molecular weight is 254 g/mol. The molecular formula is C12H18N2O4. The Hall–Kier alpha value is -1.43. The second kappa shape index (κ2) is 3.54. The summed E-state index contributed by atoms with van der Waals surface area (Å²) in [6.45, 7) is 5.27. The van der Waals surface area contributed by atoms with E-state index in [9.17, 15) is 14.4 Å². The Bertz CT molecular complexity index is 417. The molecule has 0 aromatic rings. The maximum Gasteiger partial charge on any atom is 0.323 e. The van der Waals surface area contributed by atoms with Crippen molar-refractivity contribution in [1.29, 1.82) is 0 Å². The van der Waals surface area contributed by atoms with Gasteiger partial charge in [-0.1, -0.05) is 13.8 Å². The molecule has 0 spiro atoms. The Morgan fingerprint density at radius 1 is 1.39 bits per heavy atom. The molecule has 2 aliphatic rings. The van der Waals surface area contributed by atoms with E-state index < -0.39 is 11.5 Å². The molecule has 3 unspecified atom stereocenters. The van der Waals surface area contributed by atoms with Crippen LogP contribution in [-0.2, 0) is 14.4 Å². The summed E-state index contributed by atoms with van der Waals surface area (Å²) < 4.78 is 0. The molecule has 0 radical (unpaired) electrons. The molecule has 6 nitrogen and oxygen atoms in total. The van der Waals surface area contributed by atoms with Crippen molar-refractivity contribution in [2.24, 2.45) is 23.0 Å². The lowest BCUT2D eigenvalue weighted by atomic mass is 9.98. The number of carboxylic acid groups (broad SMARTS) is 1. The fourth-order valence-corrected chi connectivity index (χ4v) is 2.68. The maximum absolute atomic E-state index is 12.0. The average Bonchev–Trinajstić information content (AvgIpc) is 2.68. The maximum atomic E-state index is 12.0. The van der Waals surface area contributed by atoms with Crippen LogP contribution in [0.5, 0.6) is 0 Å². The highest BCUT2D eigenvalue weighted by Crippen LogP contribution is 2.63. The van der Waals surface area contributed by atoms with Crippen molar-refractivity contribution >= 4 is 17.8 Å². The van der Waals surface area contributed by atoms with Crippen molar-refractivity contribution in [1.82, 2.24) is 4.90 Å². The minimum atomic E-state index is -1.41. The third-order valence-corrected chi connectivity index (χ3v) is 4.23. The molecule has 2 amide bonds. The number of carbonyl (C=O) groups excluding carboxylic acids is 2. The first-order chi connectivity index (χ1) is 8.10. The highest BCUT2D eigenvalue weighted by molar-refractivity contribution is 6.10. The molecule has 18 heavy (non-hydrogen) atoms. The number of aliphatic carboxylic acids is 1. The zero-order chi connectivity index (χ0) is 13.9. The van der Waals surface area contributed by atoms with Crippen LogP contribution in [0.3, 0.4) is 0 Å². The number of hydrogen-bond acceptors (Lipinski definition) is 4. The SMILES string of the molecule is CC(N)(CCN1C(=O)C2C(C1=O)C2(C)C)C(=O)O. The lowest BCUT2D eigenvalue weighted by Crippen LogP contribution is -2.48. The van der Waals surface area contributed by atoms with Gasteiger partial charge in [0.05, 0.1) is 11.8 Å². The normalized spacial score (nSPS) is 32.1. The Kier molecular flexibility index (Phi) is 2.56. The van der Waals surface area contributed by atoms with Gasteiger partial charge in [0, 0.05) is 6.54 Å². The highest BCUT2D eigenvalue weighted by Gasteiger charge is 2.72. The van der Waals surface area contributed by atoms with Gasteiger partial charge in [-0.25, -0.2) is 0 Å². The first-order valence-electron chi connectivity index (χ1n) is 5.98. The predicted octanol–water partition coefficient (Wildman–Crippen LogP) is -0.181. The van der Waals surface area contributed by atoms with Gasteiger partial charge in [0.15, 0.2) is 0 Å². The lowest BCUT2D eigenvalue weighted by Gasteiger charge is -2.25. The Balaban J connectivity index is 2.00. The van der Waals surface area contributed by atoms with Gasteiger partial charge in [-0.05, 0) is 18.8 Å². The van der Waals surface area contributed by atoms with Gasteiger partial charge in [0.1, 0.15) is 5.54 Å². The fraction of sp³-hybridized carbons (Fsp3) is 0.750. The number of nitrogens with two attached hydrogens (primary N) is 1. The summed E-state index contributed by atoms with van der Waals surface area (Å²) in [7, 11) is 0. The molecule has 3 atom stereocenters. The number of carboxylic acids is 1. The summed E-state index contributed by atoms with van der Waals surface area (Å²) in [5.41, 5.74) is 3.93. The van der Waals surface area contributed by atoms with E-state index in [4.69, 9.17) is 10.8 Å². The van der Waals surface area contributed by atoms with E-state index in [1.165, 1.54) is 6.92 Å². The molecule has 1 aliphatic heterocycles. The van der Waals surface area contributed by atoms with Crippen molar-refractivity contribution in [3.8, 4) is 0 Å². The second-order valence-electron chi connectivity index (χ2n) is 6.08. The summed E-state index contributed by atoms with van der Waals surface area (Å²) in [6, 6.07) is 0. The number of fused-ring (bicyclic) bond motifs is 1. The Labute approximate surface area is 105 Å². The minimum absolute atomic E-state index is 0.0691. The van der Waals surface area contributed by atoms with E-state index in [1.807, 2.05) is 13.8 Å². The molecule has 0 aromatic carbocycles. The predicted molar refractivity (Wildman–Crippen MR) is 62.3 cm³/mol. The second-order valence-corrected chi connectivity index (χ2v) is 6.08. The first-order valence-corrected chi connectivity index (χ1v) is 5.98. The zero-order valence-electron chi connectivity index (χ0n) is 10.8. The van der Waals surface area contributed by atoms with E-state index >= 15 is 0 Å². The van der Waals surface area contributed by atoms with Crippen molar-refractivity contribution in [3.63, 3.8) is 0 Å². The smallest absolute Gasteiger partial charge is 0.323 e. The third-order valence-electron chi connectivity index (χ3n) is 4.23. The van der Waals surface area contributed by atoms with Crippen LogP contribution in [0.1, 0.15) is 27.2 Å². The van der Waals surface area contributed by atoms with E-state index in [0.29, 0.717) is 0 Å². The number of rotatable bonds is 4. The van der Waals surface area contributed by atoms with E-state index in [0.717, 1.165) is 4.90 Å². The van der Waals surface area contributed by atoms with Crippen LogP contribution >= 0.6 is 0 Å². The summed E-state index contributed by atoms with van der Waals surface area (Å²) in [4.78, 5) is 36.0. The number of likely N-dealkylation sites (tertiary alicyclic amines) is 1. The van der Waals surface area contributed by atoms with Gasteiger partial charge in [0.25, 0.3) is 0 Å². The number of nitrogens with zero attached hydrogens (tertiary/aromatic N) is 1. The summed E-state index contributed by atoms with van der Waals surface area (Å²) >= 11 is 0. The first kappa shape index (κ1) is 13.0. The van der Waals surface area contributed by atoms with Gasteiger partial charge >= 0.3 is 5.97 Å².